The number of nitrogens with one attached hydrogen (secondary N) is 1. The van der Waals surface area contributed by atoms with Crippen LogP contribution in [0.2, 0.25) is 0 Å². The molecule has 6 heteroatoms. The number of urea groups is 1. The van der Waals surface area contributed by atoms with Crippen LogP contribution in [0.3, 0.4) is 0 Å². The van der Waals surface area contributed by atoms with E-state index in [-0.39, 0.29) is 12.1 Å². The number of rotatable bonds is 3. The molecule has 2 heterocycles. The molecule has 4 rings (SSSR count). The number of aryl methyl sites for hydroxylation is 2. The molecule has 0 aliphatic carbocycles. The van der Waals surface area contributed by atoms with Crippen molar-refractivity contribution in [1.82, 2.24) is 15.0 Å². The van der Waals surface area contributed by atoms with Crippen LogP contribution in [0.25, 0.3) is 11.4 Å². The number of hydrogen-bond acceptors (Lipinski definition) is 4. The van der Waals surface area contributed by atoms with Crippen molar-refractivity contribution in [2.24, 2.45) is 0 Å². The van der Waals surface area contributed by atoms with E-state index in [2.05, 4.69) is 15.5 Å². The Balaban J connectivity index is 1.55. The van der Waals surface area contributed by atoms with Crippen molar-refractivity contribution < 1.29 is 9.32 Å². The molecule has 6 nitrogen and oxygen atoms in total. The predicted octanol–water partition coefficient (Wildman–Crippen LogP) is 5.42. The fraction of sp³-hybridized carbons (Fsp3) is 0.348. The summed E-state index contributed by atoms with van der Waals surface area (Å²) in [6, 6.07) is 13.6. The van der Waals surface area contributed by atoms with Gasteiger partial charge in [0.25, 0.3) is 0 Å². The Bertz CT molecular complexity index is 1010. The van der Waals surface area contributed by atoms with Gasteiger partial charge in [0.1, 0.15) is 6.04 Å². The van der Waals surface area contributed by atoms with Crippen LogP contribution in [-0.4, -0.2) is 27.6 Å². The third-order valence-corrected chi connectivity index (χ3v) is 5.65. The number of hydrogen-bond donors (Lipinski definition) is 1. The Morgan fingerprint density at radius 3 is 2.69 bits per heavy atom. The zero-order chi connectivity index (χ0) is 20.4. The van der Waals surface area contributed by atoms with Gasteiger partial charge in [-0.1, -0.05) is 47.1 Å². The highest BCUT2D eigenvalue weighted by Crippen LogP contribution is 2.32. The van der Waals surface area contributed by atoms with Gasteiger partial charge in [0.15, 0.2) is 0 Å². The van der Waals surface area contributed by atoms with E-state index in [0.717, 1.165) is 41.6 Å². The van der Waals surface area contributed by atoms with Gasteiger partial charge in [-0.05, 0) is 57.2 Å². The van der Waals surface area contributed by atoms with Crippen LogP contribution < -0.4 is 5.32 Å². The maximum Gasteiger partial charge on any atom is 0.322 e. The molecule has 0 spiro atoms. The third kappa shape index (κ3) is 4.01. The number of aromatic nitrogens is 2. The maximum atomic E-state index is 13.1. The average molecular weight is 390 g/mol. The van der Waals surface area contributed by atoms with E-state index in [1.54, 1.807) is 0 Å². The molecule has 0 bridgehead atoms. The SMILES string of the molecule is Cc1ccc(-c2noc(C3CCCCN3C(=O)Nc3cccc(C)c3C)n2)cc1. The van der Waals surface area contributed by atoms with Crippen LogP contribution in [0.15, 0.2) is 47.0 Å². The van der Waals surface area contributed by atoms with Gasteiger partial charge in [-0.15, -0.1) is 0 Å². The van der Waals surface area contributed by atoms with E-state index >= 15 is 0 Å². The fourth-order valence-electron chi connectivity index (χ4n) is 3.70. The third-order valence-electron chi connectivity index (χ3n) is 5.65. The van der Waals surface area contributed by atoms with Gasteiger partial charge in [0.2, 0.25) is 11.7 Å². The van der Waals surface area contributed by atoms with Crippen LogP contribution in [0.4, 0.5) is 10.5 Å². The molecule has 1 aliphatic rings. The summed E-state index contributed by atoms with van der Waals surface area (Å²) >= 11 is 0. The number of nitrogens with zero attached hydrogens (tertiary/aromatic N) is 3. The first-order valence-corrected chi connectivity index (χ1v) is 10.1. The lowest BCUT2D eigenvalue weighted by Gasteiger charge is -2.33. The van der Waals surface area contributed by atoms with Crippen LogP contribution in [-0.2, 0) is 0 Å². The number of anilines is 1. The maximum absolute atomic E-state index is 13.1. The molecule has 150 valence electrons. The first-order valence-electron chi connectivity index (χ1n) is 10.1. The van der Waals surface area contributed by atoms with E-state index in [9.17, 15) is 4.79 Å². The molecule has 3 aromatic rings. The molecule has 0 saturated carbocycles. The van der Waals surface area contributed by atoms with Crippen LogP contribution in [0.1, 0.15) is 47.9 Å². The van der Waals surface area contributed by atoms with Crippen LogP contribution >= 0.6 is 0 Å². The highest BCUT2D eigenvalue weighted by molar-refractivity contribution is 5.90. The standard InChI is InChI=1S/C23H26N4O2/c1-15-10-12-18(13-11-15)21-25-22(29-26-21)20-9-4-5-14-27(20)23(28)24-19-8-6-7-16(2)17(19)3/h6-8,10-13,20H,4-5,9,14H2,1-3H3,(H,24,28). The van der Waals surface area contributed by atoms with Crippen LogP contribution in [0.5, 0.6) is 0 Å². The smallest absolute Gasteiger partial charge is 0.322 e. The Morgan fingerprint density at radius 1 is 1.10 bits per heavy atom. The van der Waals surface area contributed by atoms with Crippen molar-refractivity contribution in [3.63, 3.8) is 0 Å². The molecular weight excluding hydrogens is 364 g/mol. The van der Waals surface area contributed by atoms with Gasteiger partial charge in [-0.25, -0.2) is 4.79 Å². The van der Waals surface area contributed by atoms with Crippen molar-refractivity contribution >= 4 is 11.7 Å². The van der Waals surface area contributed by atoms with Gasteiger partial charge in [0, 0.05) is 17.8 Å². The van der Waals surface area contributed by atoms with Gasteiger partial charge in [-0.2, -0.15) is 4.98 Å². The minimum absolute atomic E-state index is 0.126. The number of piperidine rings is 1. The van der Waals surface area contributed by atoms with E-state index < -0.39 is 0 Å². The summed E-state index contributed by atoms with van der Waals surface area (Å²) in [6.45, 7) is 6.77. The second-order valence-electron chi connectivity index (χ2n) is 7.70. The molecular formula is C23H26N4O2. The molecule has 1 N–H and O–H groups in total. The van der Waals surface area contributed by atoms with E-state index in [0.29, 0.717) is 18.3 Å². The van der Waals surface area contributed by atoms with Gasteiger partial charge in [-0.3, -0.25) is 0 Å². The summed E-state index contributed by atoms with van der Waals surface area (Å²) in [5.74, 6) is 1.05. The molecule has 29 heavy (non-hydrogen) atoms. The predicted molar refractivity (Wildman–Crippen MR) is 113 cm³/mol. The summed E-state index contributed by atoms with van der Waals surface area (Å²) < 4.78 is 5.58. The summed E-state index contributed by atoms with van der Waals surface area (Å²) in [4.78, 5) is 19.5. The Labute approximate surface area is 170 Å². The van der Waals surface area contributed by atoms with E-state index in [1.165, 1.54) is 5.56 Å². The number of amides is 2. The first kappa shape index (κ1) is 19.2. The van der Waals surface area contributed by atoms with Crippen molar-refractivity contribution in [1.29, 1.82) is 0 Å². The lowest BCUT2D eigenvalue weighted by molar-refractivity contribution is 0.142. The Morgan fingerprint density at radius 2 is 1.90 bits per heavy atom. The van der Waals surface area contributed by atoms with Gasteiger partial charge < -0.3 is 14.7 Å². The van der Waals surface area contributed by atoms with Crippen molar-refractivity contribution in [3.05, 3.63) is 65.0 Å². The zero-order valence-corrected chi connectivity index (χ0v) is 17.1. The second-order valence-corrected chi connectivity index (χ2v) is 7.70. The van der Waals surface area contributed by atoms with Gasteiger partial charge in [0.05, 0.1) is 0 Å². The Kier molecular flexibility index (Phi) is 5.34. The largest absolute Gasteiger partial charge is 0.337 e. The second kappa shape index (κ2) is 8.07. The van der Waals surface area contributed by atoms with Crippen molar-refractivity contribution in [2.45, 2.75) is 46.1 Å². The lowest BCUT2D eigenvalue weighted by atomic mass is 10.0. The highest BCUT2D eigenvalue weighted by atomic mass is 16.5. The number of likely N-dealkylation sites (tertiary alicyclic amines) is 1. The van der Waals surface area contributed by atoms with Gasteiger partial charge >= 0.3 is 6.03 Å². The quantitative estimate of drug-likeness (QED) is 0.648. The van der Waals surface area contributed by atoms with Crippen molar-refractivity contribution in [3.8, 4) is 11.4 Å². The highest BCUT2D eigenvalue weighted by Gasteiger charge is 2.32. The molecule has 1 aliphatic heterocycles. The molecule has 1 atom stereocenters. The minimum atomic E-state index is -0.208. The van der Waals surface area contributed by atoms with E-state index in [1.807, 2.05) is 68.1 Å². The number of carbonyl (C=O) groups excluding carboxylic acids is 1. The van der Waals surface area contributed by atoms with E-state index in [4.69, 9.17) is 4.52 Å². The number of carbonyl (C=O) groups is 1. The average Bonchev–Trinajstić information content (AvgIpc) is 3.22. The molecule has 2 aromatic carbocycles. The zero-order valence-electron chi connectivity index (χ0n) is 17.1. The molecule has 2 amide bonds. The Hall–Kier alpha value is -3.15. The molecule has 0 radical (unpaired) electrons. The summed E-state index contributed by atoms with van der Waals surface area (Å²) in [6.07, 6.45) is 2.81. The number of benzene rings is 2. The summed E-state index contributed by atoms with van der Waals surface area (Å²) in [5, 5.41) is 7.21. The lowest BCUT2D eigenvalue weighted by Crippen LogP contribution is -2.41. The fourth-order valence-corrected chi connectivity index (χ4v) is 3.70. The summed E-state index contributed by atoms with van der Waals surface area (Å²) in [5.41, 5.74) is 5.16. The molecule has 1 unspecified atom stereocenters. The molecule has 1 fully saturated rings. The monoisotopic (exact) mass is 390 g/mol. The summed E-state index contributed by atoms with van der Waals surface area (Å²) in [7, 11) is 0. The normalized spacial score (nSPS) is 16.7. The van der Waals surface area contributed by atoms with Crippen molar-refractivity contribution in [2.75, 3.05) is 11.9 Å². The van der Waals surface area contributed by atoms with Crippen LogP contribution in [0, 0.1) is 20.8 Å². The molecule has 1 aromatic heterocycles. The minimum Gasteiger partial charge on any atom is -0.337 e. The molecule has 1 saturated heterocycles. The first-order chi connectivity index (χ1) is 14.0. The topological polar surface area (TPSA) is 71.3 Å².